The van der Waals surface area contributed by atoms with Crippen LogP contribution >= 0.6 is 0 Å². The van der Waals surface area contributed by atoms with Crippen LogP contribution in [0.25, 0.3) is 0 Å². The molecule has 1 saturated heterocycles. The molecular formula is C15H23N3O. The summed E-state index contributed by atoms with van der Waals surface area (Å²) >= 11 is 0. The molecule has 1 aliphatic rings. The number of nitrogens with one attached hydrogen (secondary N) is 1. The molecule has 1 aromatic heterocycles. The van der Waals surface area contributed by atoms with Crippen molar-refractivity contribution >= 4 is 11.6 Å². The molecular weight excluding hydrogens is 238 g/mol. The first kappa shape index (κ1) is 13.8. The van der Waals surface area contributed by atoms with E-state index in [2.05, 4.69) is 24.1 Å². The molecule has 0 radical (unpaired) electrons. The van der Waals surface area contributed by atoms with E-state index in [1.165, 1.54) is 12.8 Å². The summed E-state index contributed by atoms with van der Waals surface area (Å²) in [5.74, 6) is 0.0676. The van der Waals surface area contributed by atoms with Gasteiger partial charge in [0, 0.05) is 19.1 Å². The Morgan fingerprint density at radius 1 is 1.21 bits per heavy atom. The smallest absolute Gasteiger partial charge is 0.272 e. The number of amides is 1. The molecule has 2 rings (SSSR count). The quantitative estimate of drug-likeness (QED) is 0.910. The molecule has 1 fully saturated rings. The molecule has 104 valence electrons. The lowest BCUT2D eigenvalue weighted by atomic mass is 10.2. The third-order valence-electron chi connectivity index (χ3n) is 3.33. The van der Waals surface area contributed by atoms with Gasteiger partial charge in [0.25, 0.3) is 5.91 Å². The third kappa shape index (κ3) is 3.94. The van der Waals surface area contributed by atoms with E-state index in [0.717, 1.165) is 31.6 Å². The van der Waals surface area contributed by atoms with Crippen molar-refractivity contribution in [2.45, 2.75) is 45.6 Å². The van der Waals surface area contributed by atoms with Crippen molar-refractivity contribution in [1.29, 1.82) is 0 Å². The maximum atomic E-state index is 12.3. The van der Waals surface area contributed by atoms with Crippen LogP contribution in [0.3, 0.4) is 0 Å². The molecule has 0 aliphatic carbocycles. The maximum Gasteiger partial charge on any atom is 0.272 e. The van der Waals surface area contributed by atoms with E-state index in [0.29, 0.717) is 11.7 Å². The summed E-state index contributed by atoms with van der Waals surface area (Å²) in [6.07, 6.45) is 6.42. The molecule has 1 aliphatic heterocycles. The van der Waals surface area contributed by atoms with Gasteiger partial charge in [0.05, 0.1) is 11.9 Å². The minimum absolute atomic E-state index is 0.0676. The van der Waals surface area contributed by atoms with Gasteiger partial charge in [-0.2, -0.15) is 0 Å². The molecule has 2 heterocycles. The van der Waals surface area contributed by atoms with Crippen LogP contribution in [-0.4, -0.2) is 34.9 Å². The molecule has 0 aromatic carbocycles. The topological polar surface area (TPSA) is 45.2 Å². The Morgan fingerprint density at radius 3 is 2.42 bits per heavy atom. The molecule has 1 aromatic rings. The number of anilines is 1. The van der Waals surface area contributed by atoms with Crippen LogP contribution in [0.15, 0.2) is 18.3 Å². The van der Waals surface area contributed by atoms with E-state index >= 15 is 0 Å². The summed E-state index contributed by atoms with van der Waals surface area (Å²) in [6.45, 7) is 5.89. The molecule has 19 heavy (non-hydrogen) atoms. The molecule has 1 N–H and O–H groups in total. The van der Waals surface area contributed by atoms with Crippen LogP contribution in [-0.2, 0) is 0 Å². The standard InChI is InChI=1S/C15H23N3O/c1-12(2)17-13-7-8-14(16-11-13)15(19)18-9-5-3-4-6-10-18/h7-8,11-12,17H,3-6,9-10H2,1-2H3. The number of rotatable bonds is 3. The molecule has 1 amide bonds. The van der Waals surface area contributed by atoms with E-state index < -0.39 is 0 Å². The molecule has 0 unspecified atom stereocenters. The Balaban J connectivity index is 2.02. The lowest BCUT2D eigenvalue weighted by molar-refractivity contribution is 0.0756. The number of likely N-dealkylation sites (tertiary alicyclic amines) is 1. The normalized spacial score (nSPS) is 16.3. The number of pyridine rings is 1. The SMILES string of the molecule is CC(C)Nc1ccc(C(=O)N2CCCCCC2)nc1. The fourth-order valence-corrected chi connectivity index (χ4v) is 2.37. The van der Waals surface area contributed by atoms with Crippen LogP contribution in [0, 0.1) is 0 Å². The number of hydrogen-bond acceptors (Lipinski definition) is 3. The van der Waals surface area contributed by atoms with Gasteiger partial charge in [-0.25, -0.2) is 4.98 Å². The monoisotopic (exact) mass is 261 g/mol. The van der Waals surface area contributed by atoms with Gasteiger partial charge in [-0.05, 0) is 38.8 Å². The molecule has 4 heteroatoms. The number of hydrogen-bond donors (Lipinski definition) is 1. The van der Waals surface area contributed by atoms with Gasteiger partial charge < -0.3 is 10.2 Å². The predicted octanol–water partition coefficient (Wildman–Crippen LogP) is 2.92. The highest BCUT2D eigenvalue weighted by molar-refractivity contribution is 5.92. The fourth-order valence-electron chi connectivity index (χ4n) is 2.37. The van der Waals surface area contributed by atoms with Crippen molar-refractivity contribution in [3.63, 3.8) is 0 Å². The summed E-state index contributed by atoms with van der Waals surface area (Å²) < 4.78 is 0. The van der Waals surface area contributed by atoms with Gasteiger partial charge in [0.2, 0.25) is 0 Å². The fraction of sp³-hybridized carbons (Fsp3) is 0.600. The van der Waals surface area contributed by atoms with Crippen molar-refractivity contribution in [2.24, 2.45) is 0 Å². The van der Waals surface area contributed by atoms with Crippen molar-refractivity contribution in [2.75, 3.05) is 18.4 Å². The van der Waals surface area contributed by atoms with Crippen LogP contribution in [0.2, 0.25) is 0 Å². The van der Waals surface area contributed by atoms with E-state index in [1.54, 1.807) is 6.20 Å². The highest BCUT2D eigenvalue weighted by Crippen LogP contribution is 2.14. The minimum atomic E-state index is 0.0676. The van der Waals surface area contributed by atoms with E-state index in [1.807, 2.05) is 17.0 Å². The highest BCUT2D eigenvalue weighted by Gasteiger charge is 2.18. The van der Waals surface area contributed by atoms with Crippen molar-refractivity contribution in [1.82, 2.24) is 9.88 Å². The van der Waals surface area contributed by atoms with Crippen molar-refractivity contribution in [3.8, 4) is 0 Å². The Bertz CT molecular complexity index is 406. The third-order valence-corrected chi connectivity index (χ3v) is 3.33. The molecule has 0 saturated carbocycles. The number of aromatic nitrogens is 1. The summed E-state index contributed by atoms with van der Waals surface area (Å²) in [4.78, 5) is 18.5. The van der Waals surface area contributed by atoms with E-state index in [4.69, 9.17) is 0 Å². The molecule has 0 atom stereocenters. The van der Waals surface area contributed by atoms with Crippen LogP contribution in [0.5, 0.6) is 0 Å². The molecule has 0 spiro atoms. The van der Waals surface area contributed by atoms with E-state index in [-0.39, 0.29) is 5.91 Å². The van der Waals surface area contributed by atoms with Crippen LogP contribution in [0.1, 0.15) is 50.0 Å². The first-order valence-corrected chi connectivity index (χ1v) is 7.18. The zero-order valence-corrected chi connectivity index (χ0v) is 11.9. The second-order valence-corrected chi connectivity index (χ2v) is 5.44. The molecule has 4 nitrogen and oxygen atoms in total. The summed E-state index contributed by atoms with van der Waals surface area (Å²) in [7, 11) is 0. The summed E-state index contributed by atoms with van der Waals surface area (Å²) in [6, 6.07) is 4.12. The maximum absolute atomic E-state index is 12.3. The first-order valence-electron chi connectivity index (χ1n) is 7.18. The van der Waals surface area contributed by atoms with Crippen LogP contribution in [0.4, 0.5) is 5.69 Å². The second kappa shape index (κ2) is 6.55. The van der Waals surface area contributed by atoms with Gasteiger partial charge in [-0.3, -0.25) is 4.79 Å². The Labute approximate surface area is 115 Å². The zero-order chi connectivity index (χ0) is 13.7. The largest absolute Gasteiger partial charge is 0.382 e. The summed E-state index contributed by atoms with van der Waals surface area (Å²) in [5.41, 5.74) is 1.51. The average molecular weight is 261 g/mol. The van der Waals surface area contributed by atoms with Gasteiger partial charge in [-0.15, -0.1) is 0 Å². The Kier molecular flexibility index (Phi) is 4.77. The molecule has 0 bridgehead atoms. The number of nitrogens with zero attached hydrogens (tertiary/aromatic N) is 2. The van der Waals surface area contributed by atoms with E-state index in [9.17, 15) is 4.79 Å². The minimum Gasteiger partial charge on any atom is -0.382 e. The van der Waals surface area contributed by atoms with Crippen LogP contribution < -0.4 is 5.32 Å². The van der Waals surface area contributed by atoms with Crippen molar-refractivity contribution < 1.29 is 4.79 Å². The van der Waals surface area contributed by atoms with Gasteiger partial charge in [0.15, 0.2) is 0 Å². The van der Waals surface area contributed by atoms with Gasteiger partial charge >= 0.3 is 0 Å². The summed E-state index contributed by atoms with van der Waals surface area (Å²) in [5, 5.41) is 3.27. The predicted molar refractivity (Wildman–Crippen MR) is 77.4 cm³/mol. The van der Waals surface area contributed by atoms with Gasteiger partial charge in [0.1, 0.15) is 5.69 Å². The van der Waals surface area contributed by atoms with Crippen molar-refractivity contribution in [3.05, 3.63) is 24.0 Å². The highest BCUT2D eigenvalue weighted by atomic mass is 16.2. The first-order chi connectivity index (χ1) is 9.16. The number of carbonyl (C=O) groups is 1. The average Bonchev–Trinajstić information content (AvgIpc) is 2.67. The second-order valence-electron chi connectivity index (χ2n) is 5.44. The number of carbonyl (C=O) groups excluding carboxylic acids is 1. The Hall–Kier alpha value is -1.58. The van der Waals surface area contributed by atoms with Gasteiger partial charge in [-0.1, -0.05) is 12.8 Å². The Morgan fingerprint density at radius 2 is 1.89 bits per heavy atom. The lowest BCUT2D eigenvalue weighted by Crippen LogP contribution is -2.32. The zero-order valence-electron chi connectivity index (χ0n) is 11.9. The lowest BCUT2D eigenvalue weighted by Gasteiger charge is -2.19.